The molecule has 2 aromatic heterocycles. The molecule has 0 aliphatic heterocycles. The molecule has 0 N–H and O–H groups in total. The molecular weight excluding hydrogens is 284 g/mol. The van der Waals surface area contributed by atoms with Crippen molar-refractivity contribution in [1.29, 1.82) is 0 Å². The van der Waals surface area contributed by atoms with Crippen molar-refractivity contribution < 1.29 is 0 Å². The molecule has 0 radical (unpaired) electrons. The Morgan fingerprint density at radius 2 is 2.05 bits per heavy atom. The van der Waals surface area contributed by atoms with Gasteiger partial charge in [0, 0.05) is 25.4 Å². The van der Waals surface area contributed by atoms with Crippen molar-refractivity contribution in [3.8, 4) is 0 Å². The molecule has 1 saturated carbocycles. The Bertz CT molecular complexity index is 642. The van der Waals surface area contributed by atoms with Crippen molar-refractivity contribution >= 4 is 22.8 Å². The van der Waals surface area contributed by atoms with Gasteiger partial charge in [-0.05, 0) is 38.0 Å². The second kappa shape index (κ2) is 5.64. The zero-order valence-corrected chi connectivity index (χ0v) is 14.2. The molecule has 3 unspecified atom stereocenters. The molecule has 0 aromatic carbocycles. The monoisotopic (exact) mass is 308 g/mol. The van der Waals surface area contributed by atoms with Gasteiger partial charge in [0.2, 0.25) is 0 Å². The number of nitrogens with zero attached hydrogens (tertiary/aromatic N) is 4. The zero-order chi connectivity index (χ0) is 15.1. The van der Waals surface area contributed by atoms with Crippen molar-refractivity contribution in [2.45, 2.75) is 52.5 Å². The summed E-state index contributed by atoms with van der Waals surface area (Å²) in [5.41, 5.74) is 3.22. The smallest absolute Gasteiger partial charge is 0.158 e. The van der Waals surface area contributed by atoms with Crippen LogP contribution in [0.2, 0.25) is 0 Å². The van der Waals surface area contributed by atoms with Crippen molar-refractivity contribution in [2.24, 2.45) is 18.9 Å². The van der Waals surface area contributed by atoms with Crippen LogP contribution >= 0.6 is 11.6 Å². The lowest BCUT2D eigenvalue weighted by Crippen LogP contribution is -2.26. The van der Waals surface area contributed by atoms with Crippen LogP contribution < -0.4 is 0 Å². The standard InChI is InChI=1S/C16H25ClN4/c1-10-5-6-13(11(2)9-10)21-14(7-8-17)18-15-12(3)19-20(4)16(15)21/h10-11,13H,5-9H2,1-4H3. The highest BCUT2D eigenvalue weighted by atomic mass is 35.5. The van der Waals surface area contributed by atoms with Crippen LogP contribution in [0.5, 0.6) is 0 Å². The third-order valence-corrected chi connectivity index (χ3v) is 5.13. The van der Waals surface area contributed by atoms with E-state index < -0.39 is 0 Å². The van der Waals surface area contributed by atoms with E-state index in [1.165, 1.54) is 24.9 Å². The zero-order valence-electron chi connectivity index (χ0n) is 13.4. The van der Waals surface area contributed by atoms with Gasteiger partial charge in [0.1, 0.15) is 11.3 Å². The Morgan fingerprint density at radius 3 is 2.71 bits per heavy atom. The number of rotatable bonds is 3. The molecule has 3 atom stereocenters. The van der Waals surface area contributed by atoms with E-state index in [-0.39, 0.29) is 0 Å². The number of hydrogen-bond donors (Lipinski definition) is 0. The predicted octanol–water partition coefficient (Wildman–Crippen LogP) is 3.86. The molecule has 1 aliphatic rings. The van der Waals surface area contributed by atoms with Gasteiger partial charge in [0.05, 0.1) is 5.69 Å². The van der Waals surface area contributed by atoms with Crippen LogP contribution in [0.25, 0.3) is 11.2 Å². The average Bonchev–Trinajstić information content (AvgIpc) is 2.90. The largest absolute Gasteiger partial charge is 0.309 e. The highest BCUT2D eigenvalue weighted by Gasteiger charge is 2.31. The Kier molecular flexibility index (Phi) is 4.00. The van der Waals surface area contributed by atoms with Gasteiger partial charge in [-0.2, -0.15) is 5.10 Å². The van der Waals surface area contributed by atoms with Crippen molar-refractivity contribution in [1.82, 2.24) is 19.3 Å². The lowest BCUT2D eigenvalue weighted by Gasteiger charge is -2.34. The lowest BCUT2D eigenvalue weighted by molar-refractivity contribution is 0.207. The number of fused-ring (bicyclic) bond motifs is 1. The normalized spacial score (nSPS) is 26.6. The predicted molar refractivity (Wildman–Crippen MR) is 86.9 cm³/mol. The van der Waals surface area contributed by atoms with Gasteiger partial charge in [-0.15, -0.1) is 11.6 Å². The molecule has 116 valence electrons. The van der Waals surface area contributed by atoms with Crippen LogP contribution in [0.4, 0.5) is 0 Å². The summed E-state index contributed by atoms with van der Waals surface area (Å²) in [6.45, 7) is 6.78. The topological polar surface area (TPSA) is 35.6 Å². The summed E-state index contributed by atoms with van der Waals surface area (Å²) in [5.74, 6) is 3.26. The lowest BCUT2D eigenvalue weighted by atomic mass is 9.79. The maximum absolute atomic E-state index is 6.00. The minimum absolute atomic E-state index is 0.527. The molecule has 21 heavy (non-hydrogen) atoms. The molecule has 1 aliphatic carbocycles. The second-order valence-corrected chi connectivity index (χ2v) is 7.06. The summed E-state index contributed by atoms with van der Waals surface area (Å²) >= 11 is 6.00. The van der Waals surface area contributed by atoms with E-state index in [9.17, 15) is 0 Å². The maximum atomic E-state index is 6.00. The number of imidazole rings is 1. The highest BCUT2D eigenvalue weighted by molar-refractivity contribution is 6.17. The first kappa shape index (κ1) is 14.9. The number of aryl methyl sites for hydroxylation is 3. The summed E-state index contributed by atoms with van der Waals surface area (Å²) in [6, 6.07) is 0.527. The molecule has 2 heterocycles. The van der Waals surface area contributed by atoms with E-state index in [1.807, 2.05) is 18.7 Å². The summed E-state index contributed by atoms with van der Waals surface area (Å²) in [6.07, 6.45) is 4.65. The van der Waals surface area contributed by atoms with E-state index in [0.717, 1.165) is 29.4 Å². The third kappa shape index (κ3) is 2.48. The maximum Gasteiger partial charge on any atom is 0.158 e. The van der Waals surface area contributed by atoms with Gasteiger partial charge >= 0.3 is 0 Å². The summed E-state index contributed by atoms with van der Waals surface area (Å²) in [5, 5.41) is 4.55. The molecule has 0 spiro atoms. The first-order chi connectivity index (χ1) is 10.0. The van der Waals surface area contributed by atoms with E-state index in [0.29, 0.717) is 17.8 Å². The quantitative estimate of drug-likeness (QED) is 0.807. The van der Waals surface area contributed by atoms with Crippen LogP contribution in [-0.4, -0.2) is 25.2 Å². The van der Waals surface area contributed by atoms with Gasteiger partial charge in [-0.25, -0.2) is 4.98 Å². The molecule has 5 heteroatoms. The molecule has 1 fully saturated rings. The first-order valence-electron chi connectivity index (χ1n) is 7.99. The van der Waals surface area contributed by atoms with E-state index >= 15 is 0 Å². The molecule has 4 nitrogen and oxygen atoms in total. The fourth-order valence-corrected chi connectivity index (χ4v) is 4.15. The first-order valence-corrected chi connectivity index (χ1v) is 8.52. The SMILES string of the molecule is Cc1nn(C)c2c1nc(CCCl)n2C1CCC(C)CC1C. The Labute approximate surface area is 131 Å². The number of hydrogen-bond acceptors (Lipinski definition) is 2. The second-order valence-electron chi connectivity index (χ2n) is 6.68. The van der Waals surface area contributed by atoms with Crippen LogP contribution in [0.3, 0.4) is 0 Å². The van der Waals surface area contributed by atoms with Crippen LogP contribution in [0.15, 0.2) is 0 Å². The molecule has 3 rings (SSSR count). The molecule has 2 aromatic rings. The minimum Gasteiger partial charge on any atom is -0.309 e. The minimum atomic E-state index is 0.527. The highest BCUT2D eigenvalue weighted by Crippen LogP contribution is 2.39. The Balaban J connectivity index is 2.12. The Hall–Kier alpha value is -1.03. The molecule has 0 bridgehead atoms. The Morgan fingerprint density at radius 1 is 1.29 bits per heavy atom. The summed E-state index contributed by atoms with van der Waals surface area (Å²) in [4.78, 5) is 4.85. The van der Waals surface area contributed by atoms with E-state index in [2.05, 4.69) is 23.5 Å². The van der Waals surface area contributed by atoms with Crippen LogP contribution in [0.1, 0.15) is 50.7 Å². The van der Waals surface area contributed by atoms with Gasteiger partial charge < -0.3 is 4.57 Å². The number of alkyl halides is 1. The van der Waals surface area contributed by atoms with Crippen molar-refractivity contribution in [3.63, 3.8) is 0 Å². The van der Waals surface area contributed by atoms with Crippen LogP contribution in [0, 0.1) is 18.8 Å². The molecule has 0 amide bonds. The fraction of sp³-hybridized carbons (Fsp3) is 0.750. The van der Waals surface area contributed by atoms with Crippen LogP contribution in [-0.2, 0) is 13.5 Å². The average molecular weight is 309 g/mol. The molecule has 0 saturated heterocycles. The van der Waals surface area contributed by atoms with Gasteiger partial charge in [-0.3, -0.25) is 4.68 Å². The van der Waals surface area contributed by atoms with Gasteiger partial charge in [0.15, 0.2) is 5.65 Å². The van der Waals surface area contributed by atoms with Crippen molar-refractivity contribution in [2.75, 3.05) is 5.88 Å². The van der Waals surface area contributed by atoms with E-state index in [4.69, 9.17) is 16.6 Å². The summed E-state index contributed by atoms with van der Waals surface area (Å²) in [7, 11) is 2.02. The van der Waals surface area contributed by atoms with E-state index in [1.54, 1.807) is 0 Å². The number of aromatic nitrogens is 4. The van der Waals surface area contributed by atoms with Crippen molar-refractivity contribution in [3.05, 3.63) is 11.5 Å². The summed E-state index contributed by atoms with van der Waals surface area (Å²) < 4.78 is 4.43. The third-order valence-electron chi connectivity index (χ3n) is 4.94. The van der Waals surface area contributed by atoms with Gasteiger partial charge in [-0.1, -0.05) is 13.8 Å². The fourth-order valence-electron chi connectivity index (χ4n) is 3.98. The molecular formula is C16H25ClN4. The van der Waals surface area contributed by atoms with Gasteiger partial charge in [0.25, 0.3) is 0 Å². The number of halogens is 1.